The average molecular weight is 295 g/mol. The van der Waals surface area contributed by atoms with Crippen LogP contribution >= 0.6 is 11.6 Å². The molecule has 1 atom stereocenters. The van der Waals surface area contributed by atoms with Gasteiger partial charge in [0.1, 0.15) is 11.4 Å². The van der Waals surface area contributed by atoms with E-state index in [0.29, 0.717) is 5.56 Å². The number of ether oxygens (including phenoxy) is 1. The van der Waals surface area contributed by atoms with E-state index in [1.165, 1.54) is 19.2 Å². The number of aliphatic hydroxyl groups is 1. The topological polar surface area (TPSA) is 29.5 Å². The van der Waals surface area contributed by atoms with Gasteiger partial charge in [-0.25, -0.2) is 4.39 Å². The highest BCUT2D eigenvalue weighted by Crippen LogP contribution is 2.27. The summed E-state index contributed by atoms with van der Waals surface area (Å²) in [6.07, 6.45) is 0.249. The molecule has 106 valence electrons. The lowest BCUT2D eigenvalue weighted by Gasteiger charge is -2.28. The van der Waals surface area contributed by atoms with Gasteiger partial charge in [0.05, 0.1) is 11.6 Å². The van der Waals surface area contributed by atoms with Gasteiger partial charge in [-0.2, -0.15) is 0 Å². The maximum Gasteiger partial charge on any atom is 0.142 e. The fourth-order valence-electron chi connectivity index (χ4n) is 2.21. The molecule has 20 heavy (non-hydrogen) atoms. The van der Waals surface area contributed by atoms with Crippen molar-refractivity contribution in [2.75, 3.05) is 13.7 Å². The van der Waals surface area contributed by atoms with Crippen molar-refractivity contribution in [3.05, 3.63) is 70.5 Å². The van der Waals surface area contributed by atoms with Crippen molar-refractivity contribution in [3.63, 3.8) is 0 Å². The van der Waals surface area contributed by atoms with E-state index < -0.39 is 11.4 Å². The highest BCUT2D eigenvalue weighted by atomic mass is 35.5. The van der Waals surface area contributed by atoms with Crippen molar-refractivity contribution >= 4 is 11.6 Å². The van der Waals surface area contributed by atoms with Gasteiger partial charge in [-0.1, -0.05) is 48.0 Å². The van der Waals surface area contributed by atoms with Crippen LogP contribution in [-0.4, -0.2) is 18.8 Å². The maximum absolute atomic E-state index is 13.5. The Labute approximate surface area is 122 Å². The third kappa shape index (κ3) is 3.37. The molecule has 0 fully saturated rings. The number of rotatable bonds is 5. The Morgan fingerprint density at radius 3 is 2.50 bits per heavy atom. The van der Waals surface area contributed by atoms with E-state index in [2.05, 4.69) is 0 Å². The smallest absolute Gasteiger partial charge is 0.142 e. The fraction of sp³-hybridized carbons (Fsp3) is 0.250. The lowest BCUT2D eigenvalue weighted by Crippen LogP contribution is -2.33. The minimum atomic E-state index is -1.20. The predicted molar refractivity (Wildman–Crippen MR) is 77.3 cm³/mol. The van der Waals surface area contributed by atoms with Crippen molar-refractivity contribution in [2.45, 2.75) is 12.0 Å². The first-order valence-corrected chi connectivity index (χ1v) is 6.64. The number of hydrogen-bond donors (Lipinski definition) is 1. The van der Waals surface area contributed by atoms with Gasteiger partial charge in [-0.3, -0.25) is 0 Å². The zero-order valence-electron chi connectivity index (χ0n) is 11.1. The Morgan fingerprint density at radius 2 is 1.90 bits per heavy atom. The summed E-state index contributed by atoms with van der Waals surface area (Å²) in [6.45, 7) is 0.126. The largest absolute Gasteiger partial charge is 0.382 e. The molecule has 2 rings (SSSR count). The highest BCUT2D eigenvalue weighted by Gasteiger charge is 2.29. The Hall–Kier alpha value is -1.42. The molecule has 2 nitrogen and oxygen atoms in total. The molecule has 0 bridgehead atoms. The zero-order valence-corrected chi connectivity index (χ0v) is 11.9. The van der Waals surface area contributed by atoms with Crippen LogP contribution in [0.4, 0.5) is 4.39 Å². The average Bonchev–Trinajstić information content (AvgIpc) is 2.44. The standard InChI is InChI=1S/C16H16ClFO2/c1-20-11-16(19,13-5-3-2-4-6-13)10-12-7-8-14(17)15(18)9-12/h2-9,19H,10-11H2,1H3. The van der Waals surface area contributed by atoms with E-state index in [9.17, 15) is 9.50 Å². The van der Waals surface area contributed by atoms with E-state index >= 15 is 0 Å². The quantitative estimate of drug-likeness (QED) is 0.914. The van der Waals surface area contributed by atoms with Gasteiger partial charge in [0.2, 0.25) is 0 Å². The van der Waals surface area contributed by atoms with Gasteiger partial charge in [0.15, 0.2) is 0 Å². The highest BCUT2D eigenvalue weighted by molar-refractivity contribution is 6.30. The van der Waals surface area contributed by atoms with E-state index in [1.807, 2.05) is 30.3 Å². The van der Waals surface area contributed by atoms with Crippen LogP contribution in [0.5, 0.6) is 0 Å². The van der Waals surface area contributed by atoms with Crippen molar-refractivity contribution in [1.82, 2.24) is 0 Å². The Balaban J connectivity index is 2.31. The molecule has 2 aromatic rings. The predicted octanol–water partition coefficient (Wildman–Crippen LogP) is 3.56. The van der Waals surface area contributed by atoms with E-state index in [4.69, 9.17) is 16.3 Å². The summed E-state index contributed by atoms with van der Waals surface area (Å²) >= 11 is 5.67. The summed E-state index contributed by atoms with van der Waals surface area (Å²) in [5, 5.41) is 10.9. The molecular formula is C16H16ClFO2. The normalized spacial score (nSPS) is 14.0. The Kier molecular flexibility index (Phi) is 4.76. The Bertz CT molecular complexity index is 574. The van der Waals surface area contributed by atoms with Crippen molar-refractivity contribution < 1.29 is 14.2 Å². The van der Waals surface area contributed by atoms with E-state index in [0.717, 1.165) is 5.56 Å². The fourth-order valence-corrected chi connectivity index (χ4v) is 2.33. The molecule has 0 aliphatic carbocycles. The molecule has 0 radical (unpaired) electrons. The molecule has 4 heteroatoms. The van der Waals surface area contributed by atoms with Crippen LogP contribution in [0, 0.1) is 5.82 Å². The van der Waals surface area contributed by atoms with Gasteiger partial charge >= 0.3 is 0 Å². The van der Waals surface area contributed by atoms with Crippen molar-refractivity contribution in [3.8, 4) is 0 Å². The second-order valence-corrected chi connectivity index (χ2v) is 5.16. The van der Waals surface area contributed by atoms with E-state index in [1.54, 1.807) is 6.07 Å². The van der Waals surface area contributed by atoms with Crippen molar-refractivity contribution in [1.29, 1.82) is 0 Å². The van der Waals surface area contributed by atoms with Crippen LogP contribution in [0.2, 0.25) is 5.02 Å². The maximum atomic E-state index is 13.5. The summed E-state index contributed by atoms with van der Waals surface area (Å²) in [5.41, 5.74) is 0.198. The van der Waals surface area contributed by atoms with Gasteiger partial charge < -0.3 is 9.84 Å². The third-order valence-corrected chi connectivity index (χ3v) is 3.48. The second-order valence-electron chi connectivity index (χ2n) is 4.76. The first kappa shape index (κ1) is 15.0. The SMILES string of the molecule is COCC(O)(Cc1ccc(Cl)c(F)c1)c1ccccc1. The summed E-state index contributed by atoms with van der Waals surface area (Å²) in [5.74, 6) is -0.489. The molecule has 1 unspecified atom stereocenters. The zero-order chi connectivity index (χ0) is 14.6. The van der Waals surface area contributed by atoms with Crippen molar-refractivity contribution in [2.24, 2.45) is 0 Å². The van der Waals surface area contributed by atoms with Gasteiger partial charge in [-0.05, 0) is 23.3 Å². The summed E-state index contributed by atoms with van der Waals surface area (Å²) in [7, 11) is 1.52. The number of halogens is 2. The van der Waals surface area contributed by atoms with E-state index in [-0.39, 0.29) is 18.1 Å². The molecule has 0 aromatic heterocycles. The molecule has 1 N–H and O–H groups in total. The number of methoxy groups -OCH3 is 1. The third-order valence-electron chi connectivity index (χ3n) is 3.17. The first-order valence-electron chi connectivity index (χ1n) is 6.26. The molecule has 0 amide bonds. The van der Waals surface area contributed by atoms with Crippen LogP contribution in [0.1, 0.15) is 11.1 Å². The van der Waals surface area contributed by atoms with Crippen LogP contribution in [-0.2, 0) is 16.8 Å². The van der Waals surface area contributed by atoms with Crippen LogP contribution in [0.15, 0.2) is 48.5 Å². The minimum Gasteiger partial charge on any atom is -0.382 e. The second kappa shape index (κ2) is 6.35. The molecule has 0 spiro atoms. The van der Waals surface area contributed by atoms with Gasteiger partial charge in [0, 0.05) is 13.5 Å². The Morgan fingerprint density at radius 1 is 1.20 bits per heavy atom. The summed E-state index contributed by atoms with van der Waals surface area (Å²) in [6, 6.07) is 13.7. The minimum absolute atomic E-state index is 0.0729. The lowest BCUT2D eigenvalue weighted by molar-refractivity contribution is -0.0355. The number of hydrogen-bond acceptors (Lipinski definition) is 2. The van der Waals surface area contributed by atoms with Crippen LogP contribution < -0.4 is 0 Å². The molecule has 0 aliphatic rings. The van der Waals surface area contributed by atoms with Crippen LogP contribution in [0.3, 0.4) is 0 Å². The number of benzene rings is 2. The summed E-state index contributed by atoms with van der Waals surface area (Å²) in [4.78, 5) is 0. The lowest BCUT2D eigenvalue weighted by atomic mass is 9.88. The summed E-state index contributed by atoms with van der Waals surface area (Å²) < 4.78 is 18.6. The van der Waals surface area contributed by atoms with Gasteiger partial charge in [0.25, 0.3) is 0 Å². The molecule has 0 heterocycles. The van der Waals surface area contributed by atoms with Gasteiger partial charge in [-0.15, -0.1) is 0 Å². The van der Waals surface area contributed by atoms with Crippen LogP contribution in [0.25, 0.3) is 0 Å². The molecule has 0 aliphatic heterocycles. The molecular weight excluding hydrogens is 279 g/mol. The molecule has 0 saturated carbocycles. The first-order chi connectivity index (χ1) is 9.55. The monoisotopic (exact) mass is 294 g/mol. The molecule has 0 saturated heterocycles. The molecule has 2 aromatic carbocycles.